The average molecular weight is 248 g/mol. The van der Waals surface area contributed by atoms with Gasteiger partial charge < -0.3 is 15.1 Å². The molecule has 2 N–H and O–H groups in total. The fourth-order valence-corrected chi connectivity index (χ4v) is 1.15. The summed E-state index contributed by atoms with van der Waals surface area (Å²) < 4.78 is 0.588. The molecule has 0 fully saturated rings. The van der Waals surface area contributed by atoms with Gasteiger partial charge >= 0.3 is 5.97 Å². The predicted molar refractivity (Wildman–Crippen MR) is 54.1 cm³/mol. The van der Waals surface area contributed by atoms with Crippen molar-refractivity contribution < 1.29 is 24.6 Å². The first kappa shape index (κ1) is 12.4. The van der Waals surface area contributed by atoms with E-state index in [9.17, 15) is 9.59 Å². The van der Waals surface area contributed by atoms with Crippen LogP contribution in [0.1, 0.15) is 19.3 Å². The Hall–Kier alpha value is -1.69. The highest BCUT2D eigenvalue weighted by Gasteiger charge is 2.12. The van der Waals surface area contributed by atoms with Gasteiger partial charge in [0, 0.05) is 25.0 Å². The molecule has 1 rings (SSSR count). The number of rotatable bonds is 5. The molecular weight excluding hydrogens is 238 g/mol. The molecule has 0 spiro atoms. The zero-order valence-electron chi connectivity index (χ0n) is 8.22. The number of carbonyl (C=O) groups is 2. The minimum Gasteiger partial charge on any atom is -0.492 e. The van der Waals surface area contributed by atoms with Crippen molar-refractivity contribution in [3.8, 4) is 11.8 Å². The molecule has 0 aliphatic carbocycles. The zero-order valence-corrected chi connectivity index (χ0v) is 8.98. The van der Waals surface area contributed by atoms with Crippen LogP contribution in [0.5, 0.6) is 11.8 Å². The summed E-state index contributed by atoms with van der Waals surface area (Å²) in [6.07, 6.45) is 0.291. The molecule has 0 aliphatic heterocycles. The van der Waals surface area contributed by atoms with E-state index in [4.69, 9.17) is 21.8 Å². The van der Waals surface area contributed by atoms with Crippen molar-refractivity contribution >= 4 is 22.8 Å². The molecular formula is C9H10ClNO5. The molecule has 1 aromatic heterocycles. The van der Waals surface area contributed by atoms with E-state index in [2.05, 4.69) is 4.84 Å². The number of hydrogen-bond donors (Lipinski definition) is 2. The van der Waals surface area contributed by atoms with E-state index in [-0.39, 0.29) is 31.0 Å². The Kier molecular flexibility index (Phi) is 4.19. The van der Waals surface area contributed by atoms with Gasteiger partial charge in [-0.15, -0.1) is 4.73 Å². The molecule has 0 aliphatic rings. The van der Waals surface area contributed by atoms with Crippen molar-refractivity contribution in [2.75, 3.05) is 0 Å². The minimum absolute atomic E-state index is 0.0322. The first-order chi connectivity index (χ1) is 7.50. The fourth-order valence-electron chi connectivity index (χ4n) is 1.01. The highest BCUT2D eigenvalue weighted by molar-refractivity contribution is 6.63. The Labute approximate surface area is 96.0 Å². The van der Waals surface area contributed by atoms with Gasteiger partial charge in [0.1, 0.15) is 0 Å². The van der Waals surface area contributed by atoms with Crippen LogP contribution in [0.15, 0.2) is 12.1 Å². The quantitative estimate of drug-likeness (QED) is 0.751. The third-order valence-corrected chi connectivity index (χ3v) is 1.93. The maximum atomic E-state index is 11.2. The Morgan fingerprint density at radius 3 is 2.31 bits per heavy atom. The fraction of sp³-hybridized carbons (Fsp3) is 0.333. The molecule has 0 saturated carbocycles. The van der Waals surface area contributed by atoms with Crippen LogP contribution in [-0.2, 0) is 9.59 Å². The van der Waals surface area contributed by atoms with E-state index in [0.29, 0.717) is 4.73 Å². The molecule has 0 aromatic carbocycles. The SMILES string of the molecule is O=C(Cl)CCCC(=O)On1c(O)ccc1O. The van der Waals surface area contributed by atoms with E-state index in [0.717, 1.165) is 0 Å². The lowest BCUT2D eigenvalue weighted by Crippen LogP contribution is -2.18. The number of nitrogens with zero attached hydrogens (tertiary/aromatic N) is 1. The van der Waals surface area contributed by atoms with Crippen molar-refractivity contribution in [3.63, 3.8) is 0 Å². The second-order valence-electron chi connectivity index (χ2n) is 3.02. The molecule has 0 bridgehead atoms. The van der Waals surface area contributed by atoms with Gasteiger partial charge in [-0.3, -0.25) is 4.79 Å². The van der Waals surface area contributed by atoms with Crippen LogP contribution in [0.2, 0.25) is 0 Å². The summed E-state index contributed by atoms with van der Waals surface area (Å²) in [5.74, 6) is -1.46. The summed E-state index contributed by atoms with van der Waals surface area (Å²) in [7, 11) is 0. The molecule has 0 radical (unpaired) electrons. The van der Waals surface area contributed by atoms with E-state index >= 15 is 0 Å². The molecule has 0 amide bonds. The Morgan fingerprint density at radius 2 is 1.81 bits per heavy atom. The van der Waals surface area contributed by atoms with Gasteiger partial charge in [0.05, 0.1) is 0 Å². The van der Waals surface area contributed by atoms with Gasteiger partial charge in [-0.1, -0.05) is 0 Å². The highest BCUT2D eigenvalue weighted by atomic mass is 35.5. The van der Waals surface area contributed by atoms with Gasteiger partial charge in [-0.05, 0) is 18.0 Å². The Bertz CT molecular complexity index is 381. The van der Waals surface area contributed by atoms with Gasteiger partial charge in [0.15, 0.2) is 0 Å². The second-order valence-corrected chi connectivity index (χ2v) is 3.44. The van der Waals surface area contributed by atoms with Crippen molar-refractivity contribution in [1.29, 1.82) is 0 Å². The molecule has 7 heteroatoms. The maximum Gasteiger partial charge on any atom is 0.333 e. The van der Waals surface area contributed by atoms with Crippen LogP contribution in [0.25, 0.3) is 0 Å². The lowest BCUT2D eigenvalue weighted by atomic mass is 10.2. The normalized spacial score (nSPS) is 10.1. The molecule has 1 aromatic rings. The summed E-state index contributed by atoms with van der Waals surface area (Å²) in [6.45, 7) is 0. The van der Waals surface area contributed by atoms with Crippen LogP contribution in [-0.4, -0.2) is 26.2 Å². The summed E-state index contributed by atoms with van der Waals surface area (Å²) in [4.78, 5) is 26.2. The van der Waals surface area contributed by atoms with Gasteiger partial charge in [0.25, 0.3) is 0 Å². The lowest BCUT2D eigenvalue weighted by Gasteiger charge is -2.05. The number of hydrogen-bond acceptors (Lipinski definition) is 5. The standard InChI is InChI=1S/C9H10ClNO5/c10-6(12)2-1-3-9(15)16-11-7(13)4-5-8(11)14/h4-5,13-14H,1-3H2. The number of halogens is 1. The summed E-state index contributed by atoms with van der Waals surface area (Å²) in [5, 5.41) is 17.8. The first-order valence-corrected chi connectivity index (χ1v) is 4.87. The topological polar surface area (TPSA) is 88.8 Å². The van der Waals surface area contributed by atoms with E-state index in [1.165, 1.54) is 12.1 Å². The molecule has 0 saturated heterocycles. The van der Waals surface area contributed by atoms with Crippen molar-refractivity contribution in [2.45, 2.75) is 19.3 Å². The van der Waals surface area contributed by atoms with E-state index in [1.807, 2.05) is 0 Å². The third-order valence-electron chi connectivity index (χ3n) is 1.74. The van der Waals surface area contributed by atoms with Crippen LogP contribution in [0.4, 0.5) is 0 Å². The number of carbonyl (C=O) groups excluding carboxylic acids is 2. The van der Waals surface area contributed by atoms with Gasteiger partial charge in [-0.25, -0.2) is 4.79 Å². The van der Waals surface area contributed by atoms with E-state index < -0.39 is 11.2 Å². The van der Waals surface area contributed by atoms with Gasteiger partial charge in [0.2, 0.25) is 17.0 Å². The summed E-state index contributed by atoms with van der Waals surface area (Å²) >= 11 is 5.08. The maximum absolute atomic E-state index is 11.2. The Morgan fingerprint density at radius 1 is 1.25 bits per heavy atom. The second kappa shape index (κ2) is 5.41. The van der Waals surface area contributed by atoms with Crippen molar-refractivity contribution in [2.24, 2.45) is 0 Å². The third kappa shape index (κ3) is 3.47. The minimum atomic E-state index is -0.681. The summed E-state index contributed by atoms with van der Waals surface area (Å²) in [6, 6.07) is 2.34. The Balaban J connectivity index is 2.43. The zero-order chi connectivity index (χ0) is 12.1. The number of aromatic hydroxyl groups is 2. The van der Waals surface area contributed by atoms with Crippen LogP contribution in [0, 0.1) is 0 Å². The molecule has 1 heterocycles. The molecule has 16 heavy (non-hydrogen) atoms. The van der Waals surface area contributed by atoms with Crippen LogP contribution >= 0.6 is 11.6 Å². The van der Waals surface area contributed by atoms with Crippen molar-refractivity contribution in [1.82, 2.24) is 4.73 Å². The monoisotopic (exact) mass is 247 g/mol. The molecule has 0 atom stereocenters. The van der Waals surface area contributed by atoms with Crippen molar-refractivity contribution in [3.05, 3.63) is 12.1 Å². The number of aromatic nitrogens is 1. The highest BCUT2D eigenvalue weighted by Crippen LogP contribution is 2.18. The average Bonchev–Trinajstić information content (AvgIpc) is 2.49. The molecule has 0 unspecified atom stereocenters. The van der Waals surface area contributed by atoms with Gasteiger partial charge in [-0.2, -0.15) is 0 Å². The molecule has 88 valence electrons. The largest absolute Gasteiger partial charge is 0.492 e. The smallest absolute Gasteiger partial charge is 0.333 e. The van der Waals surface area contributed by atoms with Crippen LogP contribution in [0.3, 0.4) is 0 Å². The predicted octanol–water partition coefficient (Wildman–Crippen LogP) is 0.790. The first-order valence-electron chi connectivity index (χ1n) is 4.50. The van der Waals surface area contributed by atoms with E-state index in [1.54, 1.807) is 0 Å². The van der Waals surface area contributed by atoms with Crippen LogP contribution < -0.4 is 4.84 Å². The summed E-state index contributed by atoms with van der Waals surface area (Å²) in [5.41, 5.74) is 0. The lowest BCUT2D eigenvalue weighted by molar-refractivity contribution is -0.145. The molecule has 6 nitrogen and oxygen atoms in total.